The van der Waals surface area contributed by atoms with Gasteiger partial charge in [-0.1, -0.05) is 140 Å². The molecule has 2 saturated heterocycles. The Morgan fingerprint density at radius 3 is 1.49 bits per heavy atom. The molecular formula is C48H88N2O3. The average molecular weight is 741 g/mol. The monoisotopic (exact) mass is 741 g/mol. The minimum Gasteiger partial charge on any atom is -0.380 e. The van der Waals surface area contributed by atoms with Crippen molar-refractivity contribution in [2.24, 2.45) is 0 Å². The van der Waals surface area contributed by atoms with E-state index in [-0.39, 0.29) is 11.9 Å². The second-order valence-corrected chi connectivity index (χ2v) is 16.2. The van der Waals surface area contributed by atoms with Gasteiger partial charge >= 0.3 is 0 Å². The molecule has 0 aromatic heterocycles. The quantitative estimate of drug-likeness (QED) is 0.0472. The van der Waals surface area contributed by atoms with E-state index >= 15 is 0 Å². The molecule has 308 valence electrons. The van der Waals surface area contributed by atoms with Gasteiger partial charge in [0.25, 0.3) is 0 Å². The van der Waals surface area contributed by atoms with E-state index in [2.05, 4.69) is 79.3 Å². The third-order valence-corrected chi connectivity index (χ3v) is 11.2. The summed E-state index contributed by atoms with van der Waals surface area (Å²) in [5.74, 6) is -0.366. The predicted molar refractivity (Wildman–Crippen MR) is 231 cm³/mol. The lowest BCUT2D eigenvalue weighted by Crippen LogP contribution is -2.45. The van der Waals surface area contributed by atoms with Crippen LogP contribution in [0, 0.1) is 0 Å². The summed E-state index contributed by atoms with van der Waals surface area (Å²) in [5, 5.41) is 0. The van der Waals surface area contributed by atoms with E-state index in [1.165, 1.54) is 154 Å². The Morgan fingerprint density at radius 2 is 1.00 bits per heavy atom. The Labute approximate surface area is 330 Å². The first-order valence-corrected chi connectivity index (χ1v) is 23.1. The van der Waals surface area contributed by atoms with Crippen LogP contribution < -0.4 is 0 Å². The maximum atomic E-state index is 6.76. The summed E-state index contributed by atoms with van der Waals surface area (Å²) in [6, 6.07) is 0. The van der Waals surface area contributed by atoms with Crippen LogP contribution in [-0.4, -0.2) is 81.3 Å². The van der Waals surface area contributed by atoms with E-state index in [1.807, 2.05) is 0 Å². The highest BCUT2D eigenvalue weighted by Crippen LogP contribution is 2.35. The Bertz CT molecular complexity index is 858. The van der Waals surface area contributed by atoms with Crippen LogP contribution in [0.1, 0.15) is 187 Å². The number of allylic oxidation sites excluding steroid dienone is 8. The first-order valence-electron chi connectivity index (χ1n) is 23.1. The lowest BCUT2D eigenvalue weighted by molar-refractivity contribution is -0.180. The number of likely N-dealkylation sites (N-methyl/N-ethyl adjacent to an activating group) is 1. The van der Waals surface area contributed by atoms with Crippen molar-refractivity contribution in [2.45, 2.75) is 199 Å². The lowest BCUT2D eigenvalue weighted by Gasteiger charge is -2.32. The van der Waals surface area contributed by atoms with E-state index in [4.69, 9.17) is 14.2 Å². The van der Waals surface area contributed by atoms with Crippen molar-refractivity contribution in [3.63, 3.8) is 0 Å². The number of piperazine rings is 1. The van der Waals surface area contributed by atoms with Gasteiger partial charge in [0.15, 0.2) is 5.79 Å². The molecule has 0 aromatic carbocycles. The normalized spacial score (nSPS) is 18.7. The molecule has 0 N–H and O–H groups in total. The lowest BCUT2D eigenvalue weighted by atomic mass is 9.98. The van der Waals surface area contributed by atoms with Crippen LogP contribution in [0.3, 0.4) is 0 Å². The van der Waals surface area contributed by atoms with E-state index in [9.17, 15) is 0 Å². The van der Waals surface area contributed by atoms with Gasteiger partial charge in [-0.25, -0.2) is 0 Å². The molecule has 2 aliphatic rings. The Morgan fingerprint density at radius 1 is 0.547 bits per heavy atom. The van der Waals surface area contributed by atoms with Gasteiger partial charge in [-0.05, 0) is 90.5 Å². The number of ether oxygens (including phenoxy) is 3. The first-order chi connectivity index (χ1) is 26.2. The fourth-order valence-corrected chi connectivity index (χ4v) is 7.49. The van der Waals surface area contributed by atoms with Gasteiger partial charge in [0, 0.05) is 52.2 Å². The molecule has 53 heavy (non-hydrogen) atoms. The van der Waals surface area contributed by atoms with Crippen molar-refractivity contribution in [3.05, 3.63) is 48.6 Å². The van der Waals surface area contributed by atoms with Crippen molar-refractivity contribution in [1.82, 2.24) is 9.80 Å². The standard InChI is InChI=1S/C48H88N2O3/c1-4-6-8-10-12-14-16-18-20-22-24-26-28-30-32-34-37-48(38-35-33-31-29-27-25-23-21-19-17-15-13-11-9-7-5-2)52-46-47(53-48)36-44-51-45-43-50-41-39-49(3)40-42-50/h12-15,18-21,47H,4-11,16-17,22-46H2,1-3H3/b14-12-,15-13-,20-18-,21-19-. The van der Waals surface area contributed by atoms with E-state index in [1.54, 1.807) is 0 Å². The highest BCUT2D eigenvalue weighted by atomic mass is 16.7. The molecule has 0 spiro atoms. The fraction of sp³-hybridized carbons (Fsp3) is 0.833. The van der Waals surface area contributed by atoms with Gasteiger partial charge in [-0.15, -0.1) is 0 Å². The van der Waals surface area contributed by atoms with Crippen LogP contribution in [-0.2, 0) is 14.2 Å². The molecule has 0 aliphatic carbocycles. The minimum absolute atomic E-state index is 0.174. The maximum Gasteiger partial charge on any atom is 0.168 e. The SMILES string of the molecule is CCCCC/C=C\C/C=C\CCCCCCCCC1(CCCCCCCC/C=C\C/C=C\CCCCC)OCC(CCOCCN2CCN(C)CC2)O1. The molecule has 5 heteroatoms. The molecule has 2 heterocycles. The number of rotatable bonds is 36. The zero-order chi connectivity index (χ0) is 37.8. The zero-order valence-electron chi connectivity index (χ0n) is 35.6. The molecule has 1 unspecified atom stereocenters. The summed E-state index contributed by atoms with van der Waals surface area (Å²) in [5.41, 5.74) is 0. The van der Waals surface area contributed by atoms with Crippen molar-refractivity contribution in [2.75, 3.05) is 59.6 Å². The molecule has 0 aromatic rings. The molecule has 5 nitrogen and oxygen atoms in total. The van der Waals surface area contributed by atoms with Gasteiger partial charge in [0.2, 0.25) is 0 Å². The summed E-state index contributed by atoms with van der Waals surface area (Å²) < 4.78 is 19.4. The summed E-state index contributed by atoms with van der Waals surface area (Å²) in [6.45, 7) is 12.6. The molecule has 0 radical (unpaired) electrons. The van der Waals surface area contributed by atoms with Gasteiger partial charge in [0.1, 0.15) is 0 Å². The highest BCUT2D eigenvalue weighted by molar-refractivity contribution is 4.93. The van der Waals surface area contributed by atoms with Crippen LogP contribution in [0.2, 0.25) is 0 Å². The summed E-state index contributed by atoms with van der Waals surface area (Å²) in [4.78, 5) is 4.94. The fourth-order valence-electron chi connectivity index (χ4n) is 7.49. The van der Waals surface area contributed by atoms with E-state index < -0.39 is 0 Å². The van der Waals surface area contributed by atoms with Crippen molar-refractivity contribution in [1.29, 1.82) is 0 Å². The number of hydrogen-bond donors (Lipinski definition) is 0. The number of hydrogen-bond acceptors (Lipinski definition) is 5. The van der Waals surface area contributed by atoms with Crippen LogP contribution in [0.25, 0.3) is 0 Å². The summed E-state index contributed by atoms with van der Waals surface area (Å²) >= 11 is 0. The van der Waals surface area contributed by atoms with Crippen molar-refractivity contribution >= 4 is 0 Å². The van der Waals surface area contributed by atoms with Crippen LogP contribution >= 0.6 is 0 Å². The van der Waals surface area contributed by atoms with Crippen molar-refractivity contribution < 1.29 is 14.2 Å². The average Bonchev–Trinajstić information content (AvgIpc) is 3.57. The van der Waals surface area contributed by atoms with E-state index in [0.29, 0.717) is 0 Å². The molecule has 0 bridgehead atoms. The molecule has 1 atom stereocenters. The molecule has 2 rings (SSSR count). The molecular weight excluding hydrogens is 653 g/mol. The summed E-state index contributed by atoms with van der Waals surface area (Å²) in [7, 11) is 2.21. The van der Waals surface area contributed by atoms with Gasteiger partial charge in [-0.2, -0.15) is 0 Å². The topological polar surface area (TPSA) is 34.2 Å². The first kappa shape index (κ1) is 47.9. The van der Waals surface area contributed by atoms with Gasteiger partial charge in [0.05, 0.1) is 19.3 Å². The summed E-state index contributed by atoms with van der Waals surface area (Å²) in [6.07, 6.45) is 52.9. The largest absolute Gasteiger partial charge is 0.380 e. The Kier molecular flexibility index (Phi) is 31.8. The van der Waals surface area contributed by atoms with Crippen LogP contribution in [0.5, 0.6) is 0 Å². The third kappa shape index (κ3) is 27.9. The van der Waals surface area contributed by atoms with Gasteiger partial charge in [-0.3, -0.25) is 4.90 Å². The zero-order valence-corrected chi connectivity index (χ0v) is 35.6. The second kappa shape index (κ2) is 35.2. The molecule has 2 fully saturated rings. The maximum absolute atomic E-state index is 6.76. The smallest absolute Gasteiger partial charge is 0.168 e. The molecule has 0 saturated carbocycles. The Hall–Kier alpha value is -1.24. The number of nitrogens with zero attached hydrogens (tertiary/aromatic N) is 2. The van der Waals surface area contributed by atoms with Crippen LogP contribution in [0.15, 0.2) is 48.6 Å². The van der Waals surface area contributed by atoms with Gasteiger partial charge < -0.3 is 19.1 Å². The molecule has 2 aliphatic heterocycles. The highest BCUT2D eigenvalue weighted by Gasteiger charge is 2.40. The Balaban J connectivity index is 1.59. The second-order valence-electron chi connectivity index (χ2n) is 16.2. The predicted octanol–water partition coefficient (Wildman–Crippen LogP) is 13.2. The van der Waals surface area contributed by atoms with E-state index in [0.717, 1.165) is 71.6 Å². The minimum atomic E-state index is -0.366. The van der Waals surface area contributed by atoms with Crippen LogP contribution in [0.4, 0.5) is 0 Å². The molecule has 0 amide bonds. The number of unbranched alkanes of at least 4 members (excludes halogenated alkanes) is 18. The van der Waals surface area contributed by atoms with Crippen molar-refractivity contribution in [3.8, 4) is 0 Å². The third-order valence-electron chi connectivity index (χ3n) is 11.2.